The Labute approximate surface area is 118 Å². The summed E-state index contributed by atoms with van der Waals surface area (Å²) in [6, 6.07) is 14.2. The molecule has 2 aromatic rings. The van der Waals surface area contributed by atoms with Gasteiger partial charge in [0.2, 0.25) is 0 Å². The van der Waals surface area contributed by atoms with E-state index >= 15 is 0 Å². The van der Waals surface area contributed by atoms with Gasteiger partial charge in [-0.15, -0.1) is 0 Å². The van der Waals surface area contributed by atoms with Crippen LogP contribution in [0.15, 0.2) is 42.5 Å². The summed E-state index contributed by atoms with van der Waals surface area (Å²) in [4.78, 5) is 0. The van der Waals surface area contributed by atoms with Crippen molar-refractivity contribution in [2.45, 2.75) is 13.5 Å². The highest BCUT2D eigenvalue weighted by molar-refractivity contribution is 6.42. The van der Waals surface area contributed by atoms with Crippen LogP contribution in [-0.2, 0) is 6.54 Å². The fourth-order valence-electron chi connectivity index (χ4n) is 1.76. The van der Waals surface area contributed by atoms with Gasteiger partial charge in [0.25, 0.3) is 0 Å². The van der Waals surface area contributed by atoms with Gasteiger partial charge in [-0.2, -0.15) is 0 Å². The maximum Gasteiger partial charge on any atom is 0.0598 e. The Bertz CT molecular complexity index is 521. The molecule has 0 unspecified atom stereocenters. The number of halogens is 2. The molecule has 0 saturated heterocycles. The van der Waals surface area contributed by atoms with Crippen LogP contribution in [-0.4, -0.2) is 6.54 Å². The number of benzene rings is 2. The van der Waals surface area contributed by atoms with Crippen molar-refractivity contribution in [1.82, 2.24) is 5.32 Å². The van der Waals surface area contributed by atoms with E-state index in [2.05, 4.69) is 36.5 Å². The van der Waals surface area contributed by atoms with Gasteiger partial charge in [-0.1, -0.05) is 60.5 Å². The third-order valence-corrected chi connectivity index (χ3v) is 3.53. The Morgan fingerprint density at radius 1 is 0.889 bits per heavy atom. The van der Waals surface area contributed by atoms with Crippen LogP contribution in [0.25, 0.3) is 11.1 Å². The zero-order valence-electron chi connectivity index (χ0n) is 10.2. The van der Waals surface area contributed by atoms with Crippen LogP contribution in [0.3, 0.4) is 0 Å². The van der Waals surface area contributed by atoms with Crippen LogP contribution >= 0.6 is 23.2 Å². The number of hydrogen-bond acceptors (Lipinski definition) is 1. The van der Waals surface area contributed by atoms with E-state index in [1.54, 1.807) is 0 Å². The Hall–Kier alpha value is -1.02. The highest BCUT2D eigenvalue weighted by Crippen LogP contribution is 2.28. The summed E-state index contributed by atoms with van der Waals surface area (Å²) in [7, 11) is 0. The van der Waals surface area contributed by atoms with Gasteiger partial charge in [-0.25, -0.2) is 0 Å². The average molecular weight is 280 g/mol. The standard InChI is InChI=1S/C15H15Cl2N/c1-2-18-10-11-3-5-12(6-4-11)13-7-8-14(16)15(17)9-13/h3-9,18H,2,10H2,1H3. The predicted octanol–water partition coefficient (Wildman–Crippen LogP) is 4.77. The molecule has 0 spiro atoms. The highest BCUT2D eigenvalue weighted by Gasteiger charge is 2.02. The van der Waals surface area contributed by atoms with Crippen molar-refractivity contribution in [1.29, 1.82) is 0 Å². The van der Waals surface area contributed by atoms with Crippen LogP contribution in [0.4, 0.5) is 0 Å². The molecule has 0 heterocycles. The maximum absolute atomic E-state index is 6.02. The topological polar surface area (TPSA) is 12.0 Å². The third kappa shape index (κ3) is 3.26. The van der Waals surface area contributed by atoms with Gasteiger partial charge in [0.1, 0.15) is 0 Å². The molecule has 0 aromatic heterocycles. The van der Waals surface area contributed by atoms with Gasteiger partial charge in [-0.3, -0.25) is 0 Å². The summed E-state index contributed by atoms with van der Waals surface area (Å²) in [5, 5.41) is 4.48. The lowest BCUT2D eigenvalue weighted by molar-refractivity contribution is 0.727. The molecule has 0 aliphatic carbocycles. The summed E-state index contributed by atoms with van der Waals surface area (Å²) in [6.07, 6.45) is 0. The van der Waals surface area contributed by atoms with E-state index in [-0.39, 0.29) is 0 Å². The minimum atomic E-state index is 0.587. The minimum Gasteiger partial charge on any atom is -0.313 e. The van der Waals surface area contributed by atoms with Gasteiger partial charge in [0.15, 0.2) is 0 Å². The molecular formula is C15H15Cl2N. The normalized spacial score (nSPS) is 10.6. The molecule has 0 atom stereocenters. The van der Waals surface area contributed by atoms with Gasteiger partial charge in [-0.05, 0) is 35.4 Å². The van der Waals surface area contributed by atoms with Crippen molar-refractivity contribution >= 4 is 23.2 Å². The summed E-state index contributed by atoms with van der Waals surface area (Å²) in [5.74, 6) is 0. The maximum atomic E-state index is 6.02. The zero-order chi connectivity index (χ0) is 13.0. The fourth-order valence-corrected chi connectivity index (χ4v) is 2.06. The third-order valence-electron chi connectivity index (χ3n) is 2.79. The molecule has 2 rings (SSSR count). The van der Waals surface area contributed by atoms with Crippen molar-refractivity contribution in [2.24, 2.45) is 0 Å². The molecular weight excluding hydrogens is 265 g/mol. The van der Waals surface area contributed by atoms with E-state index in [9.17, 15) is 0 Å². The Balaban J connectivity index is 2.20. The SMILES string of the molecule is CCNCc1ccc(-c2ccc(Cl)c(Cl)c2)cc1. The van der Waals surface area contributed by atoms with E-state index < -0.39 is 0 Å². The van der Waals surface area contributed by atoms with Gasteiger partial charge >= 0.3 is 0 Å². The van der Waals surface area contributed by atoms with E-state index in [4.69, 9.17) is 23.2 Å². The largest absolute Gasteiger partial charge is 0.313 e. The van der Waals surface area contributed by atoms with Gasteiger partial charge in [0.05, 0.1) is 10.0 Å². The lowest BCUT2D eigenvalue weighted by Crippen LogP contribution is -2.11. The lowest BCUT2D eigenvalue weighted by Gasteiger charge is -2.06. The summed E-state index contributed by atoms with van der Waals surface area (Å²) < 4.78 is 0. The molecule has 0 saturated carbocycles. The number of rotatable bonds is 4. The molecule has 0 aliphatic rings. The Morgan fingerprint density at radius 2 is 1.56 bits per heavy atom. The smallest absolute Gasteiger partial charge is 0.0598 e. The second kappa shape index (κ2) is 6.24. The predicted molar refractivity (Wildman–Crippen MR) is 79.3 cm³/mol. The molecule has 0 aliphatic heterocycles. The molecule has 18 heavy (non-hydrogen) atoms. The molecule has 0 radical (unpaired) electrons. The second-order valence-corrected chi connectivity index (χ2v) is 4.92. The number of nitrogens with one attached hydrogen (secondary N) is 1. The Kier molecular flexibility index (Phi) is 4.65. The zero-order valence-corrected chi connectivity index (χ0v) is 11.7. The quantitative estimate of drug-likeness (QED) is 0.850. The van der Waals surface area contributed by atoms with Crippen LogP contribution in [0.2, 0.25) is 10.0 Å². The average Bonchev–Trinajstić information content (AvgIpc) is 2.40. The van der Waals surface area contributed by atoms with Gasteiger partial charge in [0, 0.05) is 6.54 Å². The van der Waals surface area contributed by atoms with Crippen LogP contribution < -0.4 is 5.32 Å². The van der Waals surface area contributed by atoms with Gasteiger partial charge < -0.3 is 5.32 Å². The highest BCUT2D eigenvalue weighted by atomic mass is 35.5. The number of hydrogen-bond donors (Lipinski definition) is 1. The van der Waals surface area contributed by atoms with E-state index in [1.807, 2.05) is 18.2 Å². The van der Waals surface area contributed by atoms with Crippen molar-refractivity contribution in [2.75, 3.05) is 6.54 Å². The lowest BCUT2D eigenvalue weighted by atomic mass is 10.0. The first-order valence-corrected chi connectivity index (χ1v) is 6.71. The fraction of sp³-hybridized carbons (Fsp3) is 0.200. The molecule has 3 heteroatoms. The first-order chi connectivity index (χ1) is 8.70. The van der Waals surface area contributed by atoms with E-state index in [1.165, 1.54) is 5.56 Å². The van der Waals surface area contributed by atoms with E-state index in [0.717, 1.165) is 24.2 Å². The van der Waals surface area contributed by atoms with Crippen molar-refractivity contribution in [3.8, 4) is 11.1 Å². The molecule has 1 N–H and O–H groups in total. The summed E-state index contributed by atoms with van der Waals surface area (Å²) in [6.45, 7) is 3.98. The van der Waals surface area contributed by atoms with Crippen molar-refractivity contribution in [3.63, 3.8) is 0 Å². The first-order valence-electron chi connectivity index (χ1n) is 5.96. The summed E-state index contributed by atoms with van der Waals surface area (Å²) in [5.41, 5.74) is 3.51. The van der Waals surface area contributed by atoms with Crippen LogP contribution in [0.1, 0.15) is 12.5 Å². The molecule has 94 valence electrons. The minimum absolute atomic E-state index is 0.587. The van der Waals surface area contributed by atoms with Crippen molar-refractivity contribution in [3.05, 3.63) is 58.1 Å². The van der Waals surface area contributed by atoms with Crippen LogP contribution in [0.5, 0.6) is 0 Å². The second-order valence-electron chi connectivity index (χ2n) is 4.11. The molecule has 0 bridgehead atoms. The molecule has 2 aromatic carbocycles. The first kappa shape index (κ1) is 13.4. The molecule has 0 fully saturated rings. The molecule has 1 nitrogen and oxygen atoms in total. The Morgan fingerprint density at radius 3 is 2.17 bits per heavy atom. The molecule has 0 amide bonds. The van der Waals surface area contributed by atoms with Crippen molar-refractivity contribution < 1.29 is 0 Å². The van der Waals surface area contributed by atoms with Crippen LogP contribution in [0, 0.1) is 0 Å². The van der Waals surface area contributed by atoms with E-state index in [0.29, 0.717) is 10.0 Å². The monoisotopic (exact) mass is 279 g/mol. The summed E-state index contributed by atoms with van der Waals surface area (Å²) >= 11 is 11.9.